The molecule has 0 aliphatic rings. The first-order valence-electron chi connectivity index (χ1n) is 7.94. The number of fused-ring (bicyclic) bond motifs is 1. The van der Waals surface area contributed by atoms with E-state index in [-0.39, 0.29) is 11.4 Å². The number of amides is 1. The standard InChI is InChI=1S/C19H17F3N2O/c1-3-13(19(25)23-2)16-14-8-12(21)9-15(22)18(14)24-17(16)10-4-6-11(20)7-5-10/h4-9,13,24H,3H2,1-2H3,(H,23,25). The van der Waals surface area contributed by atoms with E-state index < -0.39 is 23.4 Å². The molecule has 0 aliphatic carbocycles. The van der Waals surface area contributed by atoms with E-state index in [0.717, 1.165) is 6.07 Å². The Morgan fingerprint density at radius 2 is 1.80 bits per heavy atom. The maximum absolute atomic E-state index is 14.2. The molecule has 0 radical (unpaired) electrons. The third-order valence-electron chi connectivity index (χ3n) is 4.32. The smallest absolute Gasteiger partial charge is 0.227 e. The summed E-state index contributed by atoms with van der Waals surface area (Å²) in [5.74, 6) is -2.72. The Balaban J connectivity index is 2.35. The van der Waals surface area contributed by atoms with Crippen LogP contribution in [0.25, 0.3) is 22.2 Å². The molecule has 1 unspecified atom stereocenters. The van der Waals surface area contributed by atoms with Crippen LogP contribution in [0.15, 0.2) is 36.4 Å². The summed E-state index contributed by atoms with van der Waals surface area (Å²) in [6, 6.07) is 7.63. The predicted octanol–water partition coefficient (Wildman–Crippen LogP) is 4.49. The first kappa shape index (κ1) is 17.1. The second-order valence-corrected chi connectivity index (χ2v) is 5.81. The number of benzene rings is 2. The fourth-order valence-electron chi connectivity index (χ4n) is 3.14. The van der Waals surface area contributed by atoms with Gasteiger partial charge in [0.25, 0.3) is 0 Å². The number of aromatic nitrogens is 1. The van der Waals surface area contributed by atoms with Gasteiger partial charge in [0.15, 0.2) is 0 Å². The van der Waals surface area contributed by atoms with Gasteiger partial charge < -0.3 is 10.3 Å². The van der Waals surface area contributed by atoms with Crippen LogP contribution in [0, 0.1) is 17.5 Å². The topological polar surface area (TPSA) is 44.9 Å². The van der Waals surface area contributed by atoms with E-state index >= 15 is 0 Å². The number of halogens is 3. The molecule has 2 N–H and O–H groups in total. The molecular weight excluding hydrogens is 329 g/mol. The lowest BCUT2D eigenvalue weighted by atomic mass is 9.90. The highest BCUT2D eigenvalue weighted by molar-refractivity contribution is 5.97. The molecule has 1 atom stereocenters. The van der Waals surface area contributed by atoms with Crippen LogP contribution in [-0.2, 0) is 4.79 Å². The molecule has 130 valence electrons. The molecular formula is C19H17F3N2O. The van der Waals surface area contributed by atoms with Crippen molar-refractivity contribution in [3.05, 3.63) is 59.4 Å². The van der Waals surface area contributed by atoms with Crippen molar-refractivity contribution in [2.75, 3.05) is 7.05 Å². The average molecular weight is 346 g/mol. The first-order chi connectivity index (χ1) is 12.0. The molecule has 0 fully saturated rings. The normalized spacial score (nSPS) is 12.4. The fourth-order valence-corrected chi connectivity index (χ4v) is 3.14. The van der Waals surface area contributed by atoms with E-state index in [1.165, 1.54) is 37.4 Å². The molecule has 0 saturated heterocycles. The summed E-state index contributed by atoms with van der Waals surface area (Å²) in [6.07, 6.45) is 0.443. The Kier molecular flexibility index (Phi) is 4.53. The lowest BCUT2D eigenvalue weighted by Crippen LogP contribution is -2.25. The van der Waals surface area contributed by atoms with Crippen molar-refractivity contribution in [3.63, 3.8) is 0 Å². The minimum absolute atomic E-state index is 0.123. The van der Waals surface area contributed by atoms with E-state index in [1.54, 1.807) is 0 Å². The Morgan fingerprint density at radius 1 is 1.12 bits per heavy atom. The Hall–Kier alpha value is -2.76. The number of hydrogen-bond donors (Lipinski definition) is 2. The molecule has 1 heterocycles. The van der Waals surface area contributed by atoms with Gasteiger partial charge in [-0.1, -0.05) is 6.92 Å². The Morgan fingerprint density at radius 3 is 2.40 bits per heavy atom. The molecule has 0 bridgehead atoms. The van der Waals surface area contributed by atoms with Crippen LogP contribution >= 0.6 is 0 Å². The van der Waals surface area contributed by atoms with Crippen molar-refractivity contribution in [2.45, 2.75) is 19.3 Å². The molecule has 0 saturated carbocycles. The highest BCUT2D eigenvalue weighted by Gasteiger charge is 2.27. The maximum atomic E-state index is 14.2. The van der Waals surface area contributed by atoms with Crippen molar-refractivity contribution >= 4 is 16.8 Å². The van der Waals surface area contributed by atoms with Gasteiger partial charge in [-0.2, -0.15) is 0 Å². The van der Waals surface area contributed by atoms with Crippen molar-refractivity contribution in [2.24, 2.45) is 0 Å². The largest absolute Gasteiger partial charge is 0.359 e. The van der Waals surface area contributed by atoms with Gasteiger partial charge in [0.2, 0.25) is 5.91 Å². The Bertz CT molecular complexity index is 932. The predicted molar refractivity (Wildman–Crippen MR) is 90.7 cm³/mol. The molecule has 1 aromatic heterocycles. The summed E-state index contributed by atoms with van der Waals surface area (Å²) in [4.78, 5) is 15.3. The summed E-state index contributed by atoms with van der Waals surface area (Å²) >= 11 is 0. The number of aromatic amines is 1. The van der Waals surface area contributed by atoms with Gasteiger partial charge >= 0.3 is 0 Å². The molecule has 1 amide bonds. The first-order valence-corrected chi connectivity index (χ1v) is 7.94. The number of H-pyrrole nitrogens is 1. The number of carbonyl (C=O) groups excluding carboxylic acids is 1. The minimum Gasteiger partial charge on any atom is -0.359 e. The lowest BCUT2D eigenvalue weighted by molar-refractivity contribution is -0.122. The van der Waals surface area contributed by atoms with Gasteiger partial charge in [0, 0.05) is 18.5 Å². The lowest BCUT2D eigenvalue weighted by Gasteiger charge is -2.15. The number of nitrogens with one attached hydrogen (secondary N) is 2. The monoisotopic (exact) mass is 346 g/mol. The van der Waals surface area contributed by atoms with Crippen LogP contribution in [0.5, 0.6) is 0 Å². The molecule has 6 heteroatoms. The Labute approximate surface area is 142 Å². The van der Waals surface area contributed by atoms with E-state index in [9.17, 15) is 18.0 Å². The van der Waals surface area contributed by atoms with Crippen LogP contribution in [-0.4, -0.2) is 17.9 Å². The van der Waals surface area contributed by atoms with Crippen LogP contribution in [0.3, 0.4) is 0 Å². The van der Waals surface area contributed by atoms with Crippen LogP contribution < -0.4 is 5.32 Å². The summed E-state index contributed by atoms with van der Waals surface area (Å²) in [7, 11) is 1.51. The zero-order chi connectivity index (χ0) is 18.1. The molecule has 0 spiro atoms. The van der Waals surface area contributed by atoms with Crippen LogP contribution in [0.2, 0.25) is 0 Å². The summed E-state index contributed by atoms with van der Waals surface area (Å²) in [5, 5.41) is 2.90. The molecule has 3 nitrogen and oxygen atoms in total. The van der Waals surface area contributed by atoms with Crippen molar-refractivity contribution in [1.29, 1.82) is 0 Å². The third-order valence-corrected chi connectivity index (χ3v) is 4.32. The van der Waals surface area contributed by atoms with Crippen LogP contribution in [0.4, 0.5) is 13.2 Å². The van der Waals surface area contributed by atoms with Gasteiger partial charge in [-0.25, -0.2) is 13.2 Å². The fraction of sp³-hybridized carbons (Fsp3) is 0.211. The molecule has 25 heavy (non-hydrogen) atoms. The van der Waals surface area contributed by atoms with E-state index in [0.29, 0.717) is 28.6 Å². The van der Waals surface area contributed by atoms with Crippen molar-refractivity contribution < 1.29 is 18.0 Å². The van der Waals surface area contributed by atoms with E-state index in [1.807, 2.05) is 6.92 Å². The van der Waals surface area contributed by atoms with Gasteiger partial charge in [-0.05, 0) is 47.9 Å². The van der Waals surface area contributed by atoms with Crippen molar-refractivity contribution in [1.82, 2.24) is 10.3 Å². The maximum Gasteiger partial charge on any atom is 0.227 e. The highest BCUT2D eigenvalue weighted by atomic mass is 19.1. The molecule has 3 rings (SSSR count). The average Bonchev–Trinajstić information content (AvgIpc) is 2.96. The summed E-state index contributed by atoms with van der Waals surface area (Å²) in [6.45, 7) is 1.82. The van der Waals surface area contributed by atoms with Crippen LogP contribution in [0.1, 0.15) is 24.8 Å². The van der Waals surface area contributed by atoms with Gasteiger partial charge in [-0.3, -0.25) is 4.79 Å². The third kappa shape index (κ3) is 2.99. The zero-order valence-corrected chi connectivity index (χ0v) is 13.8. The number of rotatable bonds is 4. The number of hydrogen-bond acceptors (Lipinski definition) is 1. The van der Waals surface area contributed by atoms with E-state index in [2.05, 4.69) is 10.3 Å². The minimum atomic E-state index is -0.739. The SMILES string of the molecule is CCC(C(=O)NC)c1c(-c2ccc(F)cc2)[nH]c2c(F)cc(F)cc12. The van der Waals surface area contributed by atoms with Gasteiger partial charge in [0.1, 0.15) is 17.5 Å². The number of likely N-dealkylation sites (N-methyl/N-ethyl adjacent to an activating group) is 1. The molecule has 3 aromatic rings. The van der Waals surface area contributed by atoms with Gasteiger partial charge in [0.05, 0.1) is 17.1 Å². The molecule has 2 aromatic carbocycles. The quantitative estimate of drug-likeness (QED) is 0.718. The number of carbonyl (C=O) groups is 1. The second kappa shape index (κ2) is 6.63. The zero-order valence-electron chi connectivity index (χ0n) is 13.8. The van der Waals surface area contributed by atoms with Gasteiger partial charge in [-0.15, -0.1) is 0 Å². The van der Waals surface area contributed by atoms with Crippen molar-refractivity contribution in [3.8, 4) is 11.3 Å². The summed E-state index contributed by atoms with van der Waals surface area (Å²) in [5.41, 5.74) is 1.70. The second-order valence-electron chi connectivity index (χ2n) is 5.81. The summed E-state index contributed by atoms with van der Waals surface area (Å²) < 4.78 is 41.3. The molecule has 0 aliphatic heterocycles. The van der Waals surface area contributed by atoms with E-state index in [4.69, 9.17) is 0 Å². The highest BCUT2D eigenvalue weighted by Crippen LogP contribution is 2.38.